The molecule has 0 amide bonds. The van der Waals surface area contributed by atoms with Crippen LogP contribution in [0.4, 0.5) is 4.39 Å². The van der Waals surface area contributed by atoms with Crippen molar-refractivity contribution < 1.29 is 43.8 Å². The van der Waals surface area contributed by atoms with E-state index in [2.05, 4.69) is 0 Å². The van der Waals surface area contributed by atoms with Gasteiger partial charge in [0.1, 0.15) is 5.82 Å². The Kier molecular flexibility index (Phi) is 6.97. The van der Waals surface area contributed by atoms with Gasteiger partial charge in [0.25, 0.3) is 0 Å². The van der Waals surface area contributed by atoms with Gasteiger partial charge in [-0.3, -0.25) is 0 Å². The maximum absolute atomic E-state index is 12.5. The SMILES string of the molecule is CC(C=Cc1ccc(F)cc1)=CC(=O)[O-].[Na+]. The second-order valence-electron chi connectivity index (χ2n) is 3.09. The second-order valence-corrected chi connectivity index (χ2v) is 3.09. The molecule has 0 unspecified atom stereocenters. The third-order valence-electron chi connectivity index (χ3n) is 1.75. The average Bonchev–Trinajstić information content (AvgIpc) is 2.16. The first-order valence-corrected chi connectivity index (χ1v) is 4.41. The molecule has 0 aliphatic rings. The third kappa shape index (κ3) is 5.85. The fraction of sp³-hybridized carbons (Fsp3) is 0.0833. The normalized spacial score (nSPS) is 11.2. The first-order valence-electron chi connectivity index (χ1n) is 4.41. The number of halogens is 1. The summed E-state index contributed by atoms with van der Waals surface area (Å²) < 4.78 is 12.5. The molecule has 78 valence electrons. The van der Waals surface area contributed by atoms with Crippen LogP contribution in [0.25, 0.3) is 6.08 Å². The molecule has 0 heterocycles. The maximum atomic E-state index is 12.5. The molecule has 4 heteroatoms. The van der Waals surface area contributed by atoms with Crippen LogP contribution in [0.1, 0.15) is 12.5 Å². The average molecular weight is 228 g/mol. The molecule has 1 rings (SSSR count). The molecular weight excluding hydrogens is 218 g/mol. The summed E-state index contributed by atoms with van der Waals surface area (Å²) in [4.78, 5) is 10.2. The van der Waals surface area contributed by atoms with Gasteiger partial charge in [-0.1, -0.05) is 24.3 Å². The van der Waals surface area contributed by atoms with Crippen LogP contribution in [-0.2, 0) is 4.79 Å². The predicted octanol–water partition coefficient (Wildman–Crippen LogP) is -1.46. The number of carbonyl (C=O) groups excluding carboxylic acids is 1. The summed E-state index contributed by atoms with van der Waals surface area (Å²) in [5.74, 6) is -1.52. The Morgan fingerprint density at radius 2 is 1.88 bits per heavy atom. The zero-order valence-electron chi connectivity index (χ0n) is 9.24. The van der Waals surface area contributed by atoms with Crippen molar-refractivity contribution in [2.75, 3.05) is 0 Å². The van der Waals surface area contributed by atoms with E-state index in [1.165, 1.54) is 12.1 Å². The van der Waals surface area contributed by atoms with Crippen LogP contribution >= 0.6 is 0 Å². The van der Waals surface area contributed by atoms with Crippen LogP contribution in [0.2, 0.25) is 0 Å². The van der Waals surface area contributed by atoms with Gasteiger partial charge in [-0.25, -0.2) is 4.39 Å². The van der Waals surface area contributed by atoms with Gasteiger partial charge in [0, 0.05) is 0 Å². The second kappa shape index (κ2) is 7.39. The summed E-state index contributed by atoms with van der Waals surface area (Å²) in [5, 5.41) is 10.2. The van der Waals surface area contributed by atoms with Crippen LogP contribution in [0.15, 0.2) is 42.0 Å². The summed E-state index contributed by atoms with van der Waals surface area (Å²) in [6.07, 6.45) is 4.33. The smallest absolute Gasteiger partial charge is 0.545 e. The molecule has 0 saturated carbocycles. The minimum Gasteiger partial charge on any atom is -0.545 e. The third-order valence-corrected chi connectivity index (χ3v) is 1.75. The molecule has 2 nitrogen and oxygen atoms in total. The van der Waals surface area contributed by atoms with Gasteiger partial charge in [0.05, 0.1) is 5.97 Å². The van der Waals surface area contributed by atoms with Gasteiger partial charge >= 0.3 is 29.6 Å². The first-order chi connectivity index (χ1) is 7.08. The number of benzene rings is 1. The summed E-state index contributed by atoms with van der Waals surface area (Å²) in [6.45, 7) is 1.65. The number of hydrogen-bond acceptors (Lipinski definition) is 2. The molecule has 0 bridgehead atoms. The van der Waals surface area contributed by atoms with Crippen molar-refractivity contribution in [3.05, 3.63) is 53.4 Å². The van der Waals surface area contributed by atoms with E-state index < -0.39 is 5.97 Å². The van der Waals surface area contributed by atoms with E-state index >= 15 is 0 Å². The number of allylic oxidation sites excluding steroid dienone is 2. The van der Waals surface area contributed by atoms with Crippen LogP contribution in [0.5, 0.6) is 0 Å². The van der Waals surface area contributed by atoms with E-state index in [1.54, 1.807) is 31.2 Å². The Labute approximate surface area is 116 Å². The number of aliphatic carboxylic acids is 1. The standard InChI is InChI=1S/C12H11FO2.Na/c1-9(8-12(14)15)2-3-10-4-6-11(13)7-5-10;/h2-8H,1H3,(H,14,15);/q;+1/p-1. The van der Waals surface area contributed by atoms with Crippen molar-refractivity contribution in [1.82, 2.24) is 0 Å². The molecule has 0 aliphatic carbocycles. The topological polar surface area (TPSA) is 40.1 Å². The van der Waals surface area contributed by atoms with Crippen molar-refractivity contribution >= 4 is 12.0 Å². The van der Waals surface area contributed by atoms with Gasteiger partial charge < -0.3 is 9.90 Å². The Morgan fingerprint density at radius 1 is 1.31 bits per heavy atom. The van der Waals surface area contributed by atoms with Crippen molar-refractivity contribution in [1.29, 1.82) is 0 Å². The molecule has 0 N–H and O–H groups in total. The molecule has 16 heavy (non-hydrogen) atoms. The van der Waals surface area contributed by atoms with Crippen molar-refractivity contribution in [3.63, 3.8) is 0 Å². The Balaban J connectivity index is 0.00000225. The first kappa shape index (κ1) is 15.1. The molecule has 1 aromatic carbocycles. The number of hydrogen-bond donors (Lipinski definition) is 0. The number of rotatable bonds is 3. The fourth-order valence-corrected chi connectivity index (χ4v) is 1.04. The van der Waals surface area contributed by atoms with Crippen molar-refractivity contribution in [2.45, 2.75) is 6.92 Å². The maximum Gasteiger partial charge on any atom is 1.00 e. The van der Waals surface area contributed by atoms with Gasteiger partial charge in [0.15, 0.2) is 0 Å². The molecule has 0 aliphatic heterocycles. The van der Waals surface area contributed by atoms with Crippen LogP contribution < -0.4 is 34.7 Å². The Morgan fingerprint density at radius 3 is 2.38 bits per heavy atom. The summed E-state index contributed by atoms with van der Waals surface area (Å²) in [5.41, 5.74) is 1.38. The molecule has 0 aromatic heterocycles. The van der Waals surface area contributed by atoms with Crippen molar-refractivity contribution in [2.24, 2.45) is 0 Å². The van der Waals surface area contributed by atoms with E-state index in [0.29, 0.717) is 5.57 Å². The minimum absolute atomic E-state index is 0. The largest absolute Gasteiger partial charge is 1.00 e. The quantitative estimate of drug-likeness (QED) is 0.360. The molecule has 0 radical (unpaired) electrons. The van der Waals surface area contributed by atoms with Gasteiger partial charge in [-0.05, 0) is 36.3 Å². The van der Waals surface area contributed by atoms with Gasteiger partial charge in [-0.2, -0.15) is 0 Å². The molecule has 0 spiro atoms. The Hall–Kier alpha value is -0.900. The summed E-state index contributed by atoms with van der Waals surface area (Å²) in [7, 11) is 0. The van der Waals surface area contributed by atoms with Crippen molar-refractivity contribution in [3.8, 4) is 0 Å². The monoisotopic (exact) mass is 228 g/mol. The van der Waals surface area contributed by atoms with Gasteiger partial charge in [-0.15, -0.1) is 0 Å². The molecular formula is C12H10FNaO2. The van der Waals surface area contributed by atoms with E-state index in [4.69, 9.17) is 0 Å². The molecule has 0 saturated heterocycles. The van der Waals surface area contributed by atoms with Gasteiger partial charge in [0.2, 0.25) is 0 Å². The molecule has 0 atom stereocenters. The summed E-state index contributed by atoms with van der Waals surface area (Å²) >= 11 is 0. The number of carboxylic acid groups (broad SMARTS) is 1. The van der Waals surface area contributed by atoms with E-state index in [0.717, 1.165) is 11.6 Å². The predicted molar refractivity (Wildman–Crippen MR) is 54.2 cm³/mol. The van der Waals surface area contributed by atoms with Crippen LogP contribution in [-0.4, -0.2) is 5.97 Å². The zero-order valence-corrected chi connectivity index (χ0v) is 11.2. The molecule has 0 fully saturated rings. The number of carboxylic acids is 1. The summed E-state index contributed by atoms with van der Waals surface area (Å²) in [6, 6.07) is 5.91. The Bertz CT molecular complexity index is 408. The number of carbonyl (C=O) groups is 1. The zero-order chi connectivity index (χ0) is 11.3. The van der Waals surface area contributed by atoms with E-state index in [1.807, 2.05) is 0 Å². The fourth-order valence-electron chi connectivity index (χ4n) is 1.04. The minimum atomic E-state index is -1.23. The van der Waals surface area contributed by atoms with Crippen LogP contribution in [0.3, 0.4) is 0 Å². The molecule has 1 aromatic rings. The van der Waals surface area contributed by atoms with E-state index in [9.17, 15) is 14.3 Å². The van der Waals surface area contributed by atoms with Crippen LogP contribution in [0, 0.1) is 5.82 Å². The van der Waals surface area contributed by atoms with E-state index in [-0.39, 0.29) is 35.4 Å².